The van der Waals surface area contributed by atoms with Gasteiger partial charge >= 0.3 is 0 Å². The molecule has 0 saturated heterocycles. The number of carbonyl (C=O) groups is 1. The predicted molar refractivity (Wildman–Crippen MR) is 89.3 cm³/mol. The van der Waals surface area contributed by atoms with Gasteiger partial charge in [0.1, 0.15) is 4.99 Å². The number of rotatable bonds is 7. The first-order chi connectivity index (χ1) is 9.81. The number of carbonyl (C=O) groups excluding carboxylic acids is 1. The molecule has 0 aliphatic rings. The number of aliphatic hydroxyl groups is 1. The van der Waals surface area contributed by atoms with Gasteiger partial charge in [-0.25, -0.2) is 0 Å². The summed E-state index contributed by atoms with van der Waals surface area (Å²) >= 11 is 4.88. The van der Waals surface area contributed by atoms with Gasteiger partial charge in [0.05, 0.1) is 12.1 Å². The number of nitrogens with zero attached hydrogens (tertiary/aromatic N) is 1. The van der Waals surface area contributed by atoms with E-state index < -0.39 is 0 Å². The first-order valence-electron chi connectivity index (χ1n) is 6.90. The zero-order valence-electron chi connectivity index (χ0n) is 12.7. The average Bonchev–Trinajstić information content (AvgIpc) is 2.44. The lowest BCUT2D eigenvalue weighted by atomic mass is 10.2. The van der Waals surface area contributed by atoms with Crippen LogP contribution in [0.25, 0.3) is 0 Å². The third kappa shape index (κ3) is 5.79. The van der Waals surface area contributed by atoms with Crippen LogP contribution in [0.15, 0.2) is 24.3 Å². The molecule has 0 aliphatic carbocycles. The van der Waals surface area contributed by atoms with E-state index in [1.807, 2.05) is 18.9 Å². The van der Waals surface area contributed by atoms with Crippen LogP contribution in [0.3, 0.4) is 0 Å². The van der Waals surface area contributed by atoms with Crippen LogP contribution in [-0.4, -0.2) is 46.6 Å². The van der Waals surface area contributed by atoms with E-state index in [1.165, 1.54) is 0 Å². The Kier molecular flexibility index (Phi) is 6.74. The molecule has 5 nitrogen and oxygen atoms in total. The molecule has 0 aromatic heterocycles. The van der Waals surface area contributed by atoms with Gasteiger partial charge in [-0.2, -0.15) is 0 Å². The van der Waals surface area contributed by atoms with Gasteiger partial charge in [-0.15, -0.1) is 0 Å². The number of thiocarbonyl (C=S) groups is 1. The second-order valence-electron chi connectivity index (χ2n) is 5.23. The number of hydrogen-bond acceptors (Lipinski definition) is 4. The van der Waals surface area contributed by atoms with Gasteiger partial charge in [0.25, 0.3) is 0 Å². The van der Waals surface area contributed by atoms with Crippen LogP contribution in [-0.2, 0) is 4.79 Å². The quantitative estimate of drug-likeness (QED) is 0.663. The van der Waals surface area contributed by atoms with E-state index in [9.17, 15) is 9.90 Å². The van der Waals surface area contributed by atoms with Crippen molar-refractivity contribution in [3.8, 4) is 0 Å². The van der Waals surface area contributed by atoms with Crippen LogP contribution in [0.4, 0.5) is 5.69 Å². The average molecular weight is 309 g/mol. The molecule has 116 valence electrons. The number of nitrogens with two attached hydrogens (primary N) is 1. The van der Waals surface area contributed by atoms with E-state index in [4.69, 9.17) is 18.0 Å². The number of amides is 1. The third-order valence-electron chi connectivity index (χ3n) is 3.38. The minimum absolute atomic E-state index is 0.0915. The van der Waals surface area contributed by atoms with Crippen LogP contribution in [0.5, 0.6) is 0 Å². The molecule has 6 heteroatoms. The lowest BCUT2D eigenvalue weighted by molar-refractivity contribution is -0.120. The van der Waals surface area contributed by atoms with Gasteiger partial charge in [0.15, 0.2) is 0 Å². The number of likely N-dealkylation sites (N-methyl/N-ethyl adjacent to an activating group) is 1. The molecule has 0 radical (unpaired) electrons. The summed E-state index contributed by atoms with van der Waals surface area (Å²) in [5.74, 6) is -0.0915. The summed E-state index contributed by atoms with van der Waals surface area (Å²) in [4.78, 5) is 14.4. The second-order valence-corrected chi connectivity index (χ2v) is 5.66. The molecule has 0 saturated carbocycles. The van der Waals surface area contributed by atoms with Crippen LogP contribution in [0.1, 0.15) is 25.8 Å². The maximum atomic E-state index is 12.2. The molecule has 0 spiro atoms. The van der Waals surface area contributed by atoms with E-state index in [0.29, 0.717) is 23.6 Å². The van der Waals surface area contributed by atoms with E-state index in [2.05, 4.69) is 5.32 Å². The zero-order valence-corrected chi connectivity index (χ0v) is 13.5. The van der Waals surface area contributed by atoms with Crippen LogP contribution >= 0.6 is 12.2 Å². The Morgan fingerprint density at radius 1 is 1.38 bits per heavy atom. The van der Waals surface area contributed by atoms with E-state index in [-0.39, 0.29) is 18.1 Å². The highest BCUT2D eigenvalue weighted by Crippen LogP contribution is 2.11. The summed E-state index contributed by atoms with van der Waals surface area (Å²) in [6.07, 6.45) is 0.270. The Bertz CT molecular complexity index is 488. The molecular formula is C15H23N3O2S. The highest BCUT2D eigenvalue weighted by Gasteiger charge is 2.18. The molecular weight excluding hydrogens is 286 g/mol. The van der Waals surface area contributed by atoms with Crippen LogP contribution in [0, 0.1) is 0 Å². The maximum absolute atomic E-state index is 12.2. The largest absolute Gasteiger partial charge is 0.393 e. The number of benzene rings is 1. The highest BCUT2D eigenvalue weighted by atomic mass is 32.1. The van der Waals surface area contributed by atoms with Crippen molar-refractivity contribution in [3.05, 3.63) is 29.8 Å². The van der Waals surface area contributed by atoms with E-state index in [0.717, 1.165) is 5.56 Å². The summed E-state index contributed by atoms with van der Waals surface area (Å²) in [5, 5.41) is 12.1. The van der Waals surface area contributed by atoms with Gasteiger partial charge in [0.2, 0.25) is 5.91 Å². The summed E-state index contributed by atoms with van der Waals surface area (Å²) in [6.45, 7) is 4.23. The van der Waals surface area contributed by atoms with Gasteiger partial charge in [-0.1, -0.05) is 12.2 Å². The smallest absolute Gasteiger partial charge is 0.241 e. The first-order valence-corrected chi connectivity index (χ1v) is 7.31. The van der Waals surface area contributed by atoms with Crippen LogP contribution < -0.4 is 11.1 Å². The minimum atomic E-state index is -0.365. The third-order valence-corrected chi connectivity index (χ3v) is 3.61. The van der Waals surface area contributed by atoms with Crippen molar-refractivity contribution < 1.29 is 9.90 Å². The molecule has 1 amide bonds. The summed E-state index contributed by atoms with van der Waals surface area (Å²) in [7, 11) is 1.86. The Morgan fingerprint density at radius 2 is 1.95 bits per heavy atom. The Hall–Kier alpha value is -1.50. The molecule has 1 rings (SSSR count). The Balaban J connectivity index is 2.57. The molecule has 0 heterocycles. The first kappa shape index (κ1) is 17.6. The fourth-order valence-corrected chi connectivity index (χ4v) is 1.88. The number of hydrogen-bond donors (Lipinski definition) is 3. The van der Waals surface area contributed by atoms with Crippen molar-refractivity contribution in [3.63, 3.8) is 0 Å². The van der Waals surface area contributed by atoms with Crippen LogP contribution in [0.2, 0.25) is 0 Å². The molecule has 2 unspecified atom stereocenters. The topological polar surface area (TPSA) is 78.6 Å². The summed E-state index contributed by atoms with van der Waals surface area (Å²) in [5.41, 5.74) is 7.00. The van der Waals surface area contributed by atoms with Crippen molar-refractivity contribution in [1.82, 2.24) is 4.90 Å². The van der Waals surface area contributed by atoms with Gasteiger partial charge in [0, 0.05) is 17.8 Å². The minimum Gasteiger partial charge on any atom is -0.393 e. The molecule has 4 N–H and O–H groups in total. The normalized spacial score (nSPS) is 13.8. The van der Waals surface area contributed by atoms with Crippen molar-refractivity contribution in [1.29, 1.82) is 0 Å². The van der Waals surface area contributed by atoms with Gasteiger partial charge < -0.3 is 16.2 Å². The van der Waals surface area contributed by atoms with Crippen molar-refractivity contribution in [2.24, 2.45) is 5.73 Å². The number of aliphatic hydroxyl groups excluding tert-OH is 1. The van der Waals surface area contributed by atoms with Gasteiger partial charge in [-0.05, 0) is 51.6 Å². The highest BCUT2D eigenvalue weighted by molar-refractivity contribution is 7.80. The molecule has 1 aromatic rings. The van der Waals surface area contributed by atoms with E-state index in [1.54, 1.807) is 31.2 Å². The van der Waals surface area contributed by atoms with Crippen molar-refractivity contribution >= 4 is 28.8 Å². The maximum Gasteiger partial charge on any atom is 0.241 e. The number of anilines is 1. The molecule has 0 fully saturated rings. The molecule has 0 bridgehead atoms. The summed E-state index contributed by atoms with van der Waals surface area (Å²) in [6, 6.07) is 6.82. The Labute approximate surface area is 131 Å². The fraction of sp³-hybridized carbons (Fsp3) is 0.467. The molecule has 0 aliphatic heterocycles. The lowest BCUT2D eigenvalue weighted by Gasteiger charge is -2.24. The lowest BCUT2D eigenvalue weighted by Crippen LogP contribution is -2.40. The fourth-order valence-electron chi connectivity index (χ4n) is 1.75. The monoisotopic (exact) mass is 309 g/mol. The second kappa shape index (κ2) is 8.07. The molecule has 21 heavy (non-hydrogen) atoms. The van der Waals surface area contributed by atoms with Crippen molar-refractivity contribution in [2.75, 3.05) is 18.9 Å². The molecule has 1 aromatic carbocycles. The summed E-state index contributed by atoms with van der Waals surface area (Å²) < 4.78 is 0. The SMILES string of the molecule is CC(O)CCN(C)C(C)C(=O)Nc1ccc(C(N)=S)cc1. The Morgan fingerprint density at radius 3 is 2.43 bits per heavy atom. The molecule has 2 atom stereocenters. The standard InChI is InChI=1S/C15H23N3O2S/c1-10(19)8-9-18(3)11(2)15(20)17-13-6-4-12(5-7-13)14(16)21/h4-7,10-11,19H,8-9H2,1-3H3,(H2,16,21)(H,17,20). The number of nitrogens with one attached hydrogen (secondary N) is 1. The van der Waals surface area contributed by atoms with Gasteiger partial charge in [-0.3, -0.25) is 9.69 Å². The predicted octanol–water partition coefficient (Wildman–Crippen LogP) is 1.35. The van der Waals surface area contributed by atoms with Crippen molar-refractivity contribution in [2.45, 2.75) is 32.4 Å². The van der Waals surface area contributed by atoms with E-state index >= 15 is 0 Å². The zero-order chi connectivity index (χ0) is 16.0.